The highest BCUT2D eigenvalue weighted by molar-refractivity contribution is 5.85. The summed E-state index contributed by atoms with van der Waals surface area (Å²) in [6, 6.07) is 11.6. The molecule has 2 aromatic rings. The molecule has 5 heteroatoms. The average Bonchev–Trinajstić information content (AvgIpc) is 2.49. The first kappa shape index (κ1) is 19.8. The number of anilines is 1. The molecule has 2 N–H and O–H groups in total. The van der Waals surface area contributed by atoms with Gasteiger partial charge in [0.15, 0.2) is 0 Å². The summed E-state index contributed by atoms with van der Waals surface area (Å²) in [4.78, 5) is 14.1. The molecule has 2 aromatic carbocycles. The zero-order valence-corrected chi connectivity index (χ0v) is 15.4. The number of hydrogen-bond acceptors (Lipinski definition) is 3. The maximum atomic E-state index is 12.4. The van der Waals surface area contributed by atoms with Crippen LogP contribution in [0.4, 0.5) is 5.69 Å². The summed E-state index contributed by atoms with van der Waals surface area (Å²) in [6.45, 7) is 4.62. The Morgan fingerprint density at radius 2 is 1.62 bits per heavy atom. The minimum absolute atomic E-state index is 0. The molecule has 0 fully saturated rings. The van der Waals surface area contributed by atoms with Gasteiger partial charge in [-0.2, -0.15) is 0 Å². The van der Waals surface area contributed by atoms with Crippen molar-refractivity contribution in [3.05, 3.63) is 58.7 Å². The quantitative estimate of drug-likeness (QED) is 0.841. The van der Waals surface area contributed by atoms with Gasteiger partial charge in [-0.15, -0.1) is 12.4 Å². The van der Waals surface area contributed by atoms with Gasteiger partial charge in [-0.3, -0.25) is 4.79 Å². The molecule has 4 nitrogen and oxygen atoms in total. The first-order valence-electron chi connectivity index (χ1n) is 7.63. The number of benzene rings is 2. The normalized spacial score (nSPS) is 10.0. The van der Waals surface area contributed by atoms with Crippen molar-refractivity contribution in [3.63, 3.8) is 0 Å². The van der Waals surface area contributed by atoms with Crippen LogP contribution in [0, 0.1) is 13.8 Å². The van der Waals surface area contributed by atoms with Crippen molar-refractivity contribution in [1.29, 1.82) is 0 Å². The van der Waals surface area contributed by atoms with E-state index in [9.17, 15) is 4.79 Å². The van der Waals surface area contributed by atoms with Gasteiger partial charge in [0.2, 0.25) is 5.91 Å². The molecule has 130 valence electrons. The molecule has 0 aliphatic carbocycles. The van der Waals surface area contributed by atoms with Crippen LogP contribution in [-0.2, 0) is 17.8 Å². The zero-order valence-electron chi connectivity index (χ0n) is 14.6. The van der Waals surface area contributed by atoms with Crippen molar-refractivity contribution >= 4 is 24.0 Å². The number of carbonyl (C=O) groups is 1. The van der Waals surface area contributed by atoms with E-state index >= 15 is 0 Å². The van der Waals surface area contributed by atoms with Gasteiger partial charge in [-0.25, -0.2) is 0 Å². The second-order valence-electron chi connectivity index (χ2n) is 5.93. The van der Waals surface area contributed by atoms with Gasteiger partial charge in [-0.1, -0.05) is 24.3 Å². The topological polar surface area (TPSA) is 55.6 Å². The number of amides is 1. The van der Waals surface area contributed by atoms with Crippen LogP contribution < -0.4 is 10.5 Å². The van der Waals surface area contributed by atoms with Crippen LogP contribution in [0.3, 0.4) is 0 Å². The van der Waals surface area contributed by atoms with Crippen LogP contribution in [0.5, 0.6) is 5.75 Å². The van der Waals surface area contributed by atoms with E-state index in [4.69, 9.17) is 10.5 Å². The molecule has 0 aliphatic heterocycles. The van der Waals surface area contributed by atoms with Crippen molar-refractivity contribution in [1.82, 2.24) is 4.90 Å². The summed E-state index contributed by atoms with van der Waals surface area (Å²) in [5, 5.41) is 0. The summed E-state index contributed by atoms with van der Waals surface area (Å²) < 4.78 is 5.38. The van der Waals surface area contributed by atoms with Gasteiger partial charge < -0.3 is 15.4 Å². The van der Waals surface area contributed by atoms with Gasteiger partial charge in [0.05, 0.1) is 13.5 Å². The van der Waals surface area contributed by atoms with E-state index in [1.54, 1.807) is 12.0 Å². The molecule has 0 heterocycles. The van der Waals surface area contributed by atoms with Gasteiger partial charge in [0, 0.05) is 19.3 Å². The largest absolute Gasteiger partial charge is 0.496 e. The van der Waals surface area contributed by atoms with E-state index in [0.29, 0.717) is 18.7 Å². The Kier molecular flexibility index (Phi) is 7.11. The number of nitrogen functional groups attached to an aromatic ring is 1. The number of ether oxygens (including phenoxy) is 1. The molecular weight excluding hydrogens is 324 g/mol. The molecular formula is C19H25ClN2O2. The Labute approximate surface area is 150 Å². The van der Waals surface area contributed by atoms with Crippen LogP contribution >= 0.6 is 12.4 Å². The third kappa shape index (κ3) is 4.90. The van der Waals surface area contributed by atoms with Crippen molar-refractivity contribution < 1.29 is 9.53 Å². The summed E-state index contributed by atoms with van der Waals surface area (Å²) in [6.07, 6.45) is 0.380. The van der Waals surface area contributed by atoms with E-state index in [2.05, 4.69) is 12.1 Å². The van der Waals surface area contributed by atoms with Gasteiger partial charge in [0.1, 0.15) is 5.75 Å². The van der Waals surface area contributed by atoms with E-state index in [1.807, 2.05) is 45.2 Å². The lowest BCUT2D eigenvalue weighted by molar-refractivity contribution is -0.129. The zero-order chi connectivity index (χ0) is 17.0. The van der Waals surface area contributed by atoms with Gasteiger partial charge >= 0.3 is 0 Å². The maximum absolute atomic E-state index is 12.4. The highest BCUT2D eigenvalue weighted by Crippen LogP contribution is 2.24. The number of rotatable bonds is 5. The number of hydrogen-bond donors (Lipinski definition) is 1. The second kappa shape index (κ2) is 8.60. The Hall–Kier alpha value is -2.20. The molecule has 2 rings (SSSR count). The number of likely N-dealkylation sites (N-methyl/N-ethyl adjacent to an activating group) is 1. The Bertz CT molecular complexity index is 676. The summed E-state index contributed by atoms with van der Waals surface area (Å²) in [5.41, 5.74) is 10.6. The van der Waals surface area contributed by atoms with Crippen LogP contribution in [-0.4, -0.2) is 25.0 Å². The van der Waals surface area contributed by atoms with Crippen LogP contribution in [0.15, 0.2) is 36.4 Å². The summed E-state index contributed by atoms with van der Waals surface area (Å²) >= 11 is 0. The van der Waals surface area contributed by atoms with E-state index < -0.39 is 0 Å². The summed E-state index contributed by atoms with van der Waals surface area (Å²) in [5.74, 6) is 0.991. The molecule has 0 bridgehead atoms. The van der Waals surface area contributed by atoms with Crippen LogP contribution in [0.25, 0.3) is 0 Å². The molecule has 0 saturated heterocycles. The number of nitrogens with zero attached hydrogens (tertiary/aromatic N) is 1. The standard InChI is InChI=1S/C19H24N2O2.ClH/c1-13-9-16(10-14(2)19(13)23-4)12-21(3)18(22)11-15-5-7-17(20)8-6-15;/h5-10H,11-12,20H2,1-4H3;1H. The van der Waals surface area contributed by atoms with E-state index in [0.717, 1.165) is 28.0 Å². The first-order valence-corrected chi connectivity index (χ1v) is 7.63. The van der Waals surface area contributed by atoms with Crippen molar-refractivity contribution in [2.75, 3.05) is 19.9 Å². The molecule has 0 radical (unpaired) electrons. The molecule has 1 amide bonds. The third-order valence-electron chi connectivity index (χ3n) is 3.90. The number of methoxy groups -OCH3 is 1. The smallest absolute Gasteiger partial charge is 0.227 e. The monoisotopic (exact) mass is 348 g/mol. The van der Waals surface area contributed by atoms with E-state index in [1.165, 1.54) is 0 Å². The number of halogens is 1. The molecule has 0 aliphatic rings. The fourth-order valence-electron chi connectivity index (χ4n) is 2.76. The van der Waals surface area contributed by atoms with Crippen molar-refractivity contribution in [2.24, 2.45) is 0 Å². The van der Waals surface area contributed by atoms with Crippen molar-refractivity contribution in [3.8, 4) is 5.75 Å². The second-order valence-corrected chi connectivity index (χ2v) is 5.93. The SMILES string of the molecule is COc1c(C)cc(CN(C)C(=O)Cc2ccc(N)cc2)cc1C.Cl. The molecule has 0 unspecified atom stereocenters. The lowest BCUT2D eigenvalue weighted by atomic mass is 10.0. The van der Waals surface area contributed by atoms with Crippen molar-refractivity contribution in [2.45, 2.75) is 26.8 Å². The molecule has 0 aromatic heterocycles. The Morgan fingerprint density at radius 3 is 2.12 bits per heavy atom. The number of aryl methyl sites for hydroxylation is 2. The predicted octanol–water partition coefficient (Wildman–Crippen LogP) is 3.52. The molecule has 24 heavy (non-hydrogen) atoms. The Balaban J connectivity index is 0.00000288. The van der Waals surface area contributed by atoms with E-state index in [-0.39, 0.29) is 18.3 Å². The molecule has 0 atom stereocenters. The summed E-state index contributed by atoms with van der Waals surface area (Å²) in [7, 11) is 3.51. The van der Waals surface area contributed by atoms with Crippen LogP contribution in [0.1, 0.15) is 22.3 Å². The minimum atomic E-state index is 0. The van der Waals surface area contributed by atoms with Crippen LogP contribution in [0.2, 0.25) is 0 Å². The molecule has 0 saturated carbocycles. The highest BCUT2D eigenvalue weighted by atomic mass is 35.5. The highest BCUT2D eigenvalue weighted by Gasteiger charge is 2.12. The maximum Gasteiger partial charge on any atom is 0.227 e. The Morgan fingerprint density at radius 1 is 1.08 bits per heavy atom. The fraction of sp³-hybridized carbons (Fsp3) is 0.316. The number of carbonyl (C=O) groups excluding carboxylic acids is 1. The number of nitrogens with two attached hydrogens (primary N) is 1. The van der Waals surface area contributed by atoms with Gasteiger partial charge in [0.25, 0.3) is 0 Å². The predicted molar refractivity (Wildman–Crippen MR) is 101 cm³/mol. The van der Waals surface area contributed by atoms with Gasteiger partial charge in [-0.05, 0) is 48.2 Å². The third-order valence-corrected chi connectivity index (χ3v) is 3.90. The first-order chi connectivity index (χ1) is 10.9. The lowest BCUT2D eigenvalue weighted by Crippen LogP contribution is -2.27. The molecule has 0 spiro atoms. The minimum Gasteiger partial charge on any atom is -0.496 e. The average molecular weight is 349 g/mol. The lowest BCUT2D eigenvalue weighted by Gasteiger charge is -2.19. The fourth-order valence-corrected chi connectivity index (χ4v) is 2.76.